The topological polar surface area (TPSA) is 0 Å². The van der Waals surface area contributed by atoms with E-state index < -0.39 is 0 Å². The second-order valence-corrected chi connectivity index (χ2v) is 2.67. The van der Waals surface area contributed by atoms with Crippen LogP contribution in [0, 0.1) is 0 Å². The van der Waals surface area contributed by atoms with Gasteiger partial charge in [0.15, 0.2) is 0 Å². The average molecular weight is 102 g/mol. The van der Waals surface area contributed by atoms with Gasteiger partial charge in [-0.3, -0.25) is 0 Å². The van der Waals surface area contributed by atoms with Crippen LogP contribution in [-0.4, -0.2) is 0 Å². The fraction of sp³-hybridized carbons (Fsp3) is 0.250. The summed E-state index contributed by atoms with van der Waals surface area (Å²) in [6, 6.07) is 0. The molecule has 4 rings (SSSR count). The van der Waals surface area contributed by atoms with Crippen LogP contribution in [0.1, 0.15) is 12.8 Å². The molecule has 0 nitrogen and oxygen atoms in total. The van der Waals surface area contributed by atoms with Crippen molar-refractivity contribution in [1.29, 1.82) is 0 Å². The molecule has 0 aromatic rings. The van der Waals surface area contributed by atoms with Crippen molar-refractivity contribution in [3.05, 3.63) is 34.4 Å². The molecule has 0 aromatic heterocycles. The molecule has 0 spiro atoms. The molecule has 4 aliphatic rings. The highest BCUT2D eigenvalue weighted by Gasteiger charge is 2.33. The van der Waals surface area contributed by atoms with Crippen molar-refractivity contribution in [3.63, 3.8) is 0 Å². The first-order valence-corrected chi connectivity index (χ1v) is 3.08. The highest BCUT2D eigenvalue weighted by molar-refractivity contribution is 5.73. The second-order valence-electron chi connectivity index (χ2n) is 2.67. The Labute approximate surface area is 48.2 Å². The van der Waals surface area contributed by atoms with Crippen molar-refractivity contribution < 1.29 is 0 Å². The summed E-state index contributed by atoms with van der Waals surface area (Å²) in [7, 11) is 0. The lowest BCUT2D eigenvalue weighted by Crippen LogP contribution is -1.92. The molecular formula is C8H6. The van der Waals surface area contributed by atoms with Crippen LogP contribution in [0.2, 0.25) is 0 Å². The van der Waals surface area contributed by atoms with Gasteiger partial charge in [-0.05, 0) is 35.1 Å². The third-order valence-electron chi connectivity index (χ3n) is 2.30. The molecular weight excluding hydrogens is 96.1 g/mol. The molecule has 0 N–H and O–H groups in total. The third-order valence-corrected chi connectivity index (χ3v) is 2.30. The molecule has 0 saturated heterocycles. The number of hydrogen-bond donors (Lipinski definition) is 0. The zero-order chi connectivity index (χ0) is 5.14. The largest absolute Gasteiger partial charge is 0.0722 e. The molecule has 0 heteroatoms. The molecule has 0 unspecified atom stereocenters. The Morgan fingerprint density at radius 1 is 1.38 bits per heavy atom. The molecule has 0 atom stereocenters. The van der Waals surface area contributed by atoms with E-state index in [-0.39, 0.29) is 0 Å². The van der Waals surface area contributed by atoms with E-state index in [2.05, 4.69) is 12.2 Å². The average Bonchev–Trinajstić information content (AvgIpc) is 1.82. The second kappa shape index (κ2) is 0.732. The predicted molar refractivity (Wildman–Crippen MR) is 32.4 cm³/mol. The molecule has 0 fully saturated rings. The van der Waals surface area contributed by atoms with Crippen LogP contribution in [0.15, 0.2) is 34.4 Å². The third kappa shape index (κ3) is 0.158. The van der Waals surface area contributed by atoms with Gasteiger partial charge < -0.3 is 0 Å². The van der Waals surface area contributed by atoms with Crippen molar-refractivity contribution in [2.75, 3.05) is 0 Å². The highest BCUT2D eigenvalue weighted by Crippen LogP contribution is 2.52. The molecule has 0 aliphatic heterocycles. The van der Waals surface area contributed by atoms with E-state index in [4.69, 9.17) is 0 Å². The molecule has 0 amide bonds. The Balaban J connectivity index is 2.49. The van der Waals surface area contributed by atoms with Gasteiger partial charge in [0.1, 0.15) is 0 Å². The van der Waals surface area contributed by atoms with E-state index >= 15 is 0 Å². The standard InChI is InChI=1S/C8H6/c1-2-8-6-3-5(4-6)7(1)8/h1,3H,2,4H2. The summed E-state index contributed by atoms with van der Waals surface area (Å²) in [6.07, 6.45) is 7.21. The van der Waals surface area contributed by atoms with E-state index in [0.717, 1.165) is 0 Å². The molecule has 0 aromatic carbocycles. The van der Waals surface area contributed by atoms with E-state index in [1.807, 2.05) is 0 Å². The zero-order valence-corrected chi connectivity index (χ0v) is 4.57. The van der Waals surface area contributed by atoms with E-state index in [9.17, 15) is 0 Å². The quantitative estimate of drug-likeness (QED) is 0.438. The van der Waals surface area contributed by atoms with E-state index in [1.54, 1.807) is 22.3 Å². The van der Waals surface area contributed by atoms with Crippen molar-refractivity contribution in [3.8, 4) is 0 Å². The van der Waals surface area contributed by atoms with Gasteiger partial charge in [-0.1, -0.05) is 12.2 Å². The molecule has 8 heavy (non-hydrogen) atoms. The first kappa shape index (κ1) is 3.29. The molecule has 0 saturated carbocycles. The Morgan fingerprint density at radius 3 is 2.50 bits per heavy atom. The molecule has 4 aliphatic carbocycles. The fourth-order valence-corrected chi connectivity index (χ4v) is 1.69. The number of rotatable bonds is 0. The maximum absolute atomic E-state index is 2.33. The lowest BCUT2D eigenvalue weighted by atomic mass is 9.94. The lowest BCUT2D eigenvalue weighted by Gasteiger charge is -2.10. The van der Waals surface area contributed by atoms with Gasteiger partial charge in [0.2, 0.25) is 0 Å². The first-order valence-electron chi connectivity index (χ1n) is 3.08. The van der Waals surface area contributed by atoms with Crippen LogP contribution in [0.5, 0.6) is 0 Å². The molecule has 2 bridgehead atoms. The summed E-state index contributed by atoms with van der Waals surface area (Å²) in [6.45, 7) is 0. The van der Waals surface area contributed by atoms with Crippen molar-refractivity contribution in [2.45, 2.75) is 12.8 Å². The maximum atomic E-state index is 2.33. The van der Waals surface area contributed by atoms with Crippen LogP contribution in [-0.2, 0) is 0 Å². The Kier molecular flexibility index (Phi) is 0.301. The van der Waals surface area contributed by atoms with Gasteiger partial charge >= 0.3 is 0 Å². The summed E-state index contributed by atoms with van der Waals surface area (Å²) >= 11 is 0. The smallest absolute Gasteiger partial charge is 0.00166 e. The minimum absolute atomic E-state index is 1.25. The predicted octanol–water partition coefficient (Wildman–Crippen LogP) is 1.96. The van der Waals surface area contributed by atoms with Gasteiger partial charge in [-0.2, -0.15) is 0 Å². The minimum Gasteiger partial charge on any atom is -0.0722 e. The SMILES string of the molecule is C1=C2CC1=C1CC=C21. The normalized spacial score (nSPS) is 28.0. The van der Waals surface area contributed by atoms with Gasteiger partial charge in [-0.15, -0.1) is 0 Å². The first-order chi connectivity index (χ1) is 3.95. The van der Waals surface area contributed by atoms with Crippen LogP contribution in [0.3, 0.4) is 0 Å². The Hall–Kier alpha value is -0.780. The number of hydrogen-bond acceptors (Lipinski definition) is 0. The van der Waals surface area contributed by atoms with Crippen molar-refractivity contribution in [1.82, 2.24) is 0 Å². The monoisotopic (exact) mass is 102 g/mol. The fourth-order valence-electron chi connectivity index (χ4n) is 1.69. The minimum atomic E-state index is 1.25. The van der Waals surface area contributed by atoms with Crippen LogP contribution < -0.4 is 0 Å². The zero-order valence-electron chi connectivity index (χ0n) is 4.57. The molecule has 0 radical (unpaired) electrons. The molecule has 38 valence electrons. The van der Waals surface area contributed by atoms with Gasteiger partial charge in [-0.25, -0.2) is 0 Å². The van der Waals surface area contributed by atoms with E-state index in [0.29, 0.717) is 0 Å². The Morgan fingerprint density at radius 2 is 2.25 bits per heavy atom. The van der Waals surface area contributed by atoms with Gasteiger partial charge in [0.05, 0.1) is 0 Å². The van der Waals surface area contributed by atoms with E-state index in [1.165, 1.54) is 12.8 Å². The van der Waals surface area contributed by atoms with Crippen LogP contribution in [0.25, 0.3) is 0 Å². The van der Waals surface area contributed by atoms with Gasteiger partial charge in [0, 0.05) is 0 Å². The molecule has 0 heterocycles. The van der Waals surface area contributed by atoms with Gasteiger partial charge in [0.25, 0.3) is 0 Å². The summed E-state index contributed by atoms with van der Waals surface area (Å²) in [5, 5.41) is 0. The van der Waals surface area contributed by atoms with Crippen molar-refractivity contribution >= 4 is 0 Å². The van der Waals surface area contributed by atoms with Crippen LogP contribution >= 0.6 is 0 Å². The summed E-state index contributed by atoms with van der Waals surface area (Å²) in [5.74, 6) is 0. The summed E-state index contributed by atoms with van der Waals surface area (Å²) in [4.78, 5) is 0. The summed E-state index contributed by atoms with van der Waals surface area (Å²) < 4.78 is 0. The maximum Gasteiger partial charge on any atom is -0.00166 e. The van der Waals surface area contributed by atoms with Crippen molar-refractivity contribution in [2.24, 2.45) is 0 Å². The lowest BCUT2D eigenvalue weighted by molar-refractivity contribution is 1.15. The van der Waals surface area contributed by atoms with Crippen LogP contribution in [0.4, 0.5) is 0 Å². The Bertz CT molecular complexity index is 259. The highest BCUT2D eigenvalue weighted by atomic mass is 14.4. The number of allylic oxidation sites excluding steroid dienone is 6. The summed E-state index contributed by atoms with van der Waals surface area (Å²) in [5.41, 5.74) is 6.46.